The molecule has 0 radical (unpaired) electrons. The van der Waals surface area contributed by atoms with Crippen LogP contribution in [0, 0.1) is 4.77 Å². The third kappa shape index (κ3) is 2.27. The van der Waals surface area contributed by atoms with E-state index in [9.17, 15) is 0 Å². The van der Waals surface area contributed by atoms with E-state index in [1.807, 2.05) is 0 Å². The van der Waals surface area contributed by atoms with E-state index in [0.717, 1.165) is 12.2 Å². The zero-order valence-electron chi connectivity index (χ0n) is 11.6. The number of rotatable bonds is 3. The number of fused-ring (bicyclic) bond motifs is 1. The zero-order valence-corrected chi connectivity index (χ0v) is 12.4. The molecule has 2 aromatic carbocycles. The second-order valence-electron chi connectivity index (χ2n) is 5.22. The van der Waals surface area contributed by atoms with E-state index in [4.69, 9.17) is 12.2 Å². The van der Waals surface area contributed by atoms with Crippen molar-refractivity contribution in [2.75, 3.05) is 0 Å². The highest BCUT2D eigenvalue weighted by atomic mass is 32.1. The summed E-state index contributed by atoms with van der Waals surface area (Å²) in [5.41, 5.74) is 1.28. The lowest BCUT2D eigenvalue weighted by Gasteiger charge is -2.11. The summed E-state index contributed by atoms with van der Waals surface area (Å²) in [6.07, 6.45) is 0.784. The van der Waals surface area contributed by atoms with Gasteiger partial charge in [0.25, 0.3) is 0 Å². The van der Waals surface area contributed by atoms with Crippen LogP contribution in [0.1, 0.15) is 31.3 Å². The van der Waals surface area contributed by atoms with Crippen LogP contribution in [0.25, 0.3) is 10.8 Å². The highest BCUT2D eigenvalue weighted by Gasteiger charge is 2.11. The first-order valence-electron chi connectivity index (χ1n) is 6.79. The van der Waals surface area contributed by atoms with E-state index in [0.29, 0.717) is 10.8 Å². The van der Waals surface area contributed by atoms with Crippen molar-refractivity contribution in [1.29, 1.82) is 0 Å². The maximum Gasteiger partial charge on any atom is 0.195 e. The number of aromatic amines is 1. The minimum Gasteiger partial charge on any atom is -0.301 e. The molecule has 0 fully saturated rings. The SMILES string of the molecule is CC(C)n1c(Cc2cccc3ccccc23)n[nH]c1=S. The normalized spacial score (nSPS) is 11.3. The Morgan fingerprint density at radius 1 is 1.15 bits per heavy atom. The fourth-order valence-electron chi connectivity index (χ4n) is 2.61. The maximum atomic E-state index is 5.31. The van der Waals surface area contributed by atoms with Gasteiger partial charge in [-0.15, -0.1) is 0 Å². The van der Waals surface area contributed by atoms with Crippen molar-refractivity contribution < 1.29 is 0 Å². The van der Waals surface area contributed by atoms with Gasteiger partial charge in [0.2, 0.25) is 0 Å². The minimum atomic E-state index is 0.311. The molecule has 3 rings (SSSR count). The van der Waals surface area contributed by atoms with Gasteiger partial charge in [0.05, 0.1) is 0 Å². The van der Waals surface area contributed by atoms with Crippen LogP contribution in [0.4, 0.5) is 0 Å². The standard InChI is InChI=1S/C16H17N3S/c1-11(2)19-15(17-18-16(19)20)10-13-8-5-7-12-6-3-4-9-14(12)13/h3-9,11H,10H2,1-2H3,(H,18,20). The Hall–Kier alpha value is -1.94. The van der Waals surface area contributed by atoms with E-state index in [1.165, 1.54) is 16.3 Å². The maximum absolute atomic E-state index is 5.31. The van der Waals surface area contributed by atoms with E-state index in [1.54, 1.807) is 0 Å². The van der Waals surface area contributed by atoms with Crippen LogP contribution in [0.15, 0.2) is 42.5 Å². The summed E-state index contributed by atoms with van der Waals surface area (Å²) >= 11 is 5.31. The summed E-state index contributed by atoms with van der Waals surface area (Å²) in [5, 5.41) is 9.82. The molecule has 1 heterocycles. The van der Waals surface area contributed by atoms with E-state index >= 15 is 0 Å². The van der Waals surface area contributed by atoms with Gasteiger partial charge >= 0.3 is 0 Å². The first kappa shape index (κ1) is 13.1. The average molecular weight is 283 g/mol. The summed E-state index contributed by atoms with van der Waals surface area (Å²) in [5.74, 6) is 0.987. The number of hydrogen-bond donors (Lipinski definition) is 1. The number of nitrogens with one attached hydrogen (secondary N) is 1. The van der Waals surface area contributed by atoms with Gasteiger partial charge in [-0.05, 0) is 42.4 Å². The molecule has 3 nitrogen and oxygen atoms in total. The van der Waals surface area contributed by atoms with Crippen LogP contribution in [-0.4, -0.2) is 14.8 Å². The van der Waals surface area contributed by atoms with Gasteiger partial charge in [0, 0.05) is 12.5 Å². The first-order valence-corrected chi connectivity index (χ1v) is 7.20. The fraction of sp³-hybridized carbons (Fsp3) is 0.250. The molecule has 0 amide bonds. The number of nitrogens with zero attached hydrogens (tertiary/aromatic N) is 2. The molecule has 0 aliphatic heterocycles. The molecule has 0 spiro atoms. The number of hydrogen-bond acceptors (Lipinski definition) is 2. The largest absolute Gasteiger partial charge is 0.301 e. The number of H-pyrrole nitrogens is 1. The highest BCUT2D eigenvalue weighted by molar-refractivity contribution is 7.71. The van der Waals surface area contributed by atoms with Gasteiger partial charge < -0.3 is 4.57 Å². The Bertz CT molecular complexity index is 793. The molecule has 102 valence electrons. The molecule has 20 heavy (non-hydrogen) atoms. The number of benzene rings is 2. The molecular formula is C16H17N3S. The van der Waals surface area contributed by atoms with Crippen molar-refractivity contribution in [3.05, 3.63) is 58.6 Å². The Morgan fingerprint density at radius 3 is 2.70 bits per heavy atom. The summed E-state index contributed by atoms with van der Waals surface area (Å²) in [6, 6.07) is 15.1. The topological polar surface area (TPSA) is 33.6 Å². The van der Waals surface area contributed by atoms with Crippen molar-refractivity contribution >= 4 is 23.0 Å². The van der Waals surface area contributed by atoms with Gasteiger partial charge in [0.1, 0.15) is 5.82 Å². The molecule has 0 aliphatic carbocycles. The first-order chi connectivity index (χ1) is 9.66. The Balaban J connectivity index is 2.08. The van der Waals surface area contributed by atoms with Crippen LogP contribution >= 0.6 is 12.2 Å². The van der Waals surface area contributed by atoms with Crippen LogP contribution in [0.3, 0.4) is 0 Å². The summed E-state index contributed by atoms with van der Waals surface area (Å²) in [6.45, 7) is 4.25. The van der Waals surface area contributed by atoms with Gasteiger partial charge in [-0.3, -0.25) is 5.10 Å². The van der Waals surface area contributed by atoms with Crippen molar-refractivity contribution in [2.24, 2.45) is 0 Å². The quantitative estimate of drug-likeness (QED) is 0.728. The molecule has 0 aliphatic rings. The van der Waals surface area contributed by atoms with E-state index in [2.05, 4.69) is 71.1 Å². The molecule has 0 unspecified atom stereocenters. The smallest absolute Gasteiger partial charge is 0.195 e. The van der Waals surface area contributed by atoms with Crippen molar-refractivity contribution in [1.82, 2.24) is 14.8 Å². The second kappa shape index (κ2) is 5.21. The Kier molecular flexibility index (Phi) is 3.40. The molecule has 1 N–H and O–H groups in total. The van der Waals surface area contributed by atoms with Crippen LogP contribution in [-0.2, 0) is 6.42 Å². The zero-order chi connectivity index (χ0) is 14.1. The lowest BCUT2D eigenvalue weighted by molar-refractivity contribution is 0.568. The Labute approximate surface area is 123 Å². The van der Waals surface area contributed by atoms with E-state index in [-0.39, 0.29) is 0 Å². The summed E-state index contributed by atoms with van der Waals surface area (Å²) in [4.78, 5) is 0. The molecule has 0 bridgehead atoms. The van der Waals surface area contributed by atoms with E-state index < -0.39 is 0 Å². The lowest BCUT2D eigenvalue weighted by Crippen LogP contribution is -2.07. The average Bonchev–Trinajstić information content (AvgIpc) is 2.80. The molecule has 0 atom stereocenters. The molecular weight excluding hydrogens is 266 g/mol. The van der Waals surface area contributed by atoms with Crippen molar-refractivity contribution in [3.8, 4) is 0 Å². The lowest BCUT2D eigenvalue weighted by atomic mass is 10.0. The van der Waals surface area contributed by atoms with Gasteiger partial charge in [-0.1, -0.05) is 42.5 Å². The van der Waals surface area contributed by atoms with Crippen LogP contribution < -0.4 is 0 Å². The fourth-order valence-corrected chi connectivity index (χ4v) is 2.97. The molecule has 4 heteroatoms. The summed E-state index contributed by atoms with van der Waals surface area (Å²) in [7, 11) is 0. The third-order valence-electron chi connectivity index (χ3n) is 3.52. The minimum absolute atomic E-state index is 0.311. The molecule has 0 saturated carbocycles. The van der Waals surface area contributed by atoms with Crippen molar-refractivity contribution in [2.45, 2.75) is 26.3 Å². The molecule has 1 aromatic heterocycles. The molecule has 0 saturated heterocycles. The molecule has 3 aromatic rings. The predicted molar refractivity (Wildman–Crippen MR) is 84.6 cm³/mol. The van der Waals surface area contributed by atoms with Crippen molar-refractivity contribution in [3.63, 3.8) is 0 Å². The van der Waals surface area contributed by atoms with Gasteiger partial charge in [-0.2, -0.15) is 5.10 Å². The third-order valence-corrected chi connectivity index (χ3v) is 3.81. The Morgan fingerprint density at radius 2 is 1.90 bits per heavy atom. The predicted octanol–water partition coefficient (Wildman–Crippen LogP) is 4.27. The number of aromatic nitrogens is 3. The second-order valence-corrected chi connectivity index (χ2v) is 5.61. The van der Waals surface area contributed by atoms with Crippen LogP contribution in [0.2, 0.25) is 0 Å². The monoisotopic (exact) mass is 283 g/mol. The van der Waals surface area contributed by atoms with Crippen LogP contribution in [0.5, 0.6) is 0 Å². The summed E-state index contributed by atoms with van der Waals surface area (Å²) < 4.78 is 2.77. The van der Waals surface area contributed by atoms with Gasteiger partial charge in [-0.25, -0.2) is 0 Å². The van der Waals surface area contributed by atoms with Gasteiger partial charge in [0.15, 0.2) is 4.77 Å². The highest BCUT2D eigenvalue weighted by Crippen LogP contribution is 2.21.